The highest BCUT2D eigenvalue weighted by Crippen LogP contribution is 2.21. The molecule has 0 spiro atoms. The van der Waals surface area contributed by atoms with E-state index in [9.17, 15) is 9.59 Å². The first-order valence-corrected chi connectivity index (χ1v) is 9.04. The van der Waals surface area contributed by atoms with Gasteiger partial charge >= 0.3 is 5.97 Å². The summed E-state index contributed by atoms with van der Waals surface area (Å²) in [5.74, 6) is 1.13. The quantitative estimate of drug-likeness (QED) is 0.589. The summed E-state index contributed by atoms with van der Waals surface area (Å²) >= 11 is 0. The number of rotatable bonds is 8. The zero-order valence-electron chi connectivity index (χ0n) is 16.0. The minimum Gasteiger partial charge on any atom is -0.497 e. The largest absolute Gasteiger partial charge is 0.497 e. The summed E-state index contributed by atoms with van der Waals surface area (Å²) in [5.41, 5.74) is 1.23. The molecule has 3 rings (SSSR count). The molecule has 0 fully saturated rings. The fourth-order valence-electron chi connectivity index (χ4n) is 2.53. The van der Waals surface area contributed by atoms with E-state index >= 15 is 0 Å². The molecule has 0 saturated heterocycles. The minimum absolute atomic E-state index is 0.109. The van der Waals surface area contributed by atoms with Crippen molar-refractivity contribution < 1.29 is 23.8 Å². The van der Waals surface area contributed by atoms with Gasteiger partial charge in [-0.05, 0) is 54.1 Å². The molecular weight excluding hydrogens is 370 g/mol. The predicted octanol–water partition coefficient (Wildman–Crippen LogP) is 3.96. The average molecular weight is 391 g/mol. The fourth-order valence-corrected chi connectivity index (χ4v) is 2.53. The highest BCUT2D eigenvalue weighted by molar-refractivity contribution is 5.96. The van der Waals surface area contributed by atoms with Crippen molar-refractivity contribution in [2.45, 2.75) is 6.61 Å². The molecule has 1 amide bonds. The molecule has 6 heteroatoms. The third-order valence-electron chi connectivity index (χ3n) is 4.02. The summed E-state index contributed by atoms with van der Waals surface area (Å²) in [6.07, 6.45) is 0. The molecule has 1 N–H and O–H groups in total. The zero-order chi connectivity index (χ0) is 20.5. The van der Waals surface area contributed by atoms with Crippen LogP contribution in [0.3, 0.4) is 0 Å². The number of carbonyl (C=O) groups excluding carboxylic acids is 2. The number of hydrogen-bond donors (Lipinski definition) is 1. The summed E-state index contributed by atoms with van der Waals surface area (Å²) in [6.45, 7) is -0.109. The van der Waals surface area contributed by atoms with Crippen LogP contribution in [-0.4, -0.2) is 25.5 Å². The van der Waals surface area contributed by atoms with Crippen molar-refractivity contribution in [2.75, 3.05) is 13.7 Å². The van der Waals surface area contributed by atoms with Crippen molar-refractivity contribution in [2.24, 2.45) is 0 Å². The Kier molecular flexibility index (Phi) is 6.84. The van der Waals surface area contributed by atoms with Crippen molar-refractivity contribution in [3.8, 4) is 17.2 Å². The SMILES string of the molecule is COc1cccc(COC(=O)CNC(=O)c2ccc(Oc3ccccc3)cc2)c1. The molecule has 0 aromatic heterocycles. The molecule has 3 aromatic rings. The predicted molar refractivity (Wildman–Crippen MR) is 108 cm³/mol. The lowest BCUT2D eigenvalue weighted by molar-refractivity contribution is -0.143. The van der Waals surface area contributed by atoms with E-state index in [2.05, 4.69) is 5.32 Å². The second-order valence-electron chi connectivity index (χ2n) is 6.13. The lowest BCUT2D eigenvalue weighted by Crippen LogP contribution is -2.30. The van der Waals surface area contributed by atoms with Gasteiger partial charge in [-0.2, -0.15) is 0 Å². The Morgan fingerprint density at radius 1 is 0.828 bits per heavy atom. The molecule has 6 nitrogen and oxygen atoms in total. The van der Waals surface area contributed by atoms with Gasteiger partial charge in [-0.15, -0.1) is 0 Å². The second kappa shape index (κ2) is 9.94. The lowest BCUT2D eigenvalue weighted by atomic mass is 10.2. The topological polar surface area (TPSA) is 73.9 Å². The van der Waals surface area contributed by atoms with Gasteiger partial charge in [0, 0.05) is 5.56 Å². The first-order valence-electron chi connectivity index (χ1n) is 9.04. The first-order chi connectivity index (χ1) is 14.1. The maximum Gasteiger partial charge on any atom is 0.325 e. The first kappa shape index (κ1) is 19.9. The van der Waals surface area contributed by atoms with Gasteiger partial charge in [0.2, 0.25) is 0 Å². The number of ether oxygens (including phenoxy) is 3. The van der Waals surface area contributed by atoms with Crippen LogP contribution < -0.4 is 14.8 Å². The van der Waals surface area contributed by atoms with Crippen LogP contribution in [0.5, 0.6) is 17.2 Å². The van der Waals surface area contributed by atoms with Gasteiger partial charge in [-0.1, -0.05) is 30.3 Å². The molecule has 0 aliphatic carbocycles. The van der Waals surface area contributed by atoms with Crippen molar-refractivity contribution in [1.29, 1.82) is 0 Å². The number of hydrogen-bond acceptors (Lipinski definition) is 5. The second-order valence-corrected chi connectivity index (χ2v) is 6.13. The standard InChI is InChI=1S/C23H21NO5/c1-27-21-9-5-6-17(14-21)16-28-22(25)15-24-23(26)18-10-12-20(13-11-18)29-19-7-3-2-4-8-19/h2-14H,15-16H2,1H3,(H,24,26). The normalized spacial score (nSPS) is 10.1. The van der Waals surface area contributed by atoms with E-state index in [0.717, 1.165) is 5.56 Å². The van der Waals surface area contributed by atoms with Gasteiger partial charge in [-0.3, -0.25) is 9.59 Å². The fraction of sp³-hybridized carbons (Fsp3) is 0.130. The molecule has 0 bridgehead atoms. The number of para-hydroxylation sites is 1. The van der Waals surface area contributed by atoms with Crippen LogP contribution >= 0.6 is 0 Å². The Morgan fingerprint density at radius 3 is 2.24 bits per heavy atom. The molecule has 0 heterocycles. The molecule has 0 atom stereocenters. The molecule has 0 unspecified atom stereocenters. The summed E-state index contributed by atoms with van der Waals surface area (Å²) < 4.78 is 16.0. The van der Waals surface area contributed by atoms with Crippen LogP contribution in [0.1, 0.15) is 15.9 Å². The highest BCUT2D eigenvalue weighted by atomic mass is 16.5. The molecule has 0 aliphatic rings. The highest BCUT2D eigenvalue weighted by Gasteiger charge is 2.10. The van der Waals surface area contributed by atoms with Gasteiger partial charge in [-0.25, -0.2) is 0 Å². The van der Waals surface area contributed by atoms with E-state index in [1.54, 1.807) is 37.4 Å². The number of nitrogens with one attached hydrogen (secondary N) is 1. The van der Waals surface area contributed by atoms with Crippen molar-refractivity contribution in [1.82, 2.24) is 5.32 Å². The monoisotopic (exact) mass is 391 g/mol. The number of amides is 1. The number of methoxy groups -OCH3 is 1. The summed E-state index contributed by atoms with van der Waals surface area (Å²) in [5, 5.41) is 2.55. The van der Waals surface area contributed by atoms with E-state index in [4.69, 9.17) is 14.2 Å². The van der Waals surface area contributed by atoms with Crippen LogP contribution in [0.4, 0.5) is 0 Å². The summed E-state index contributed by atoms with van der Waals surface area (Å²) in [4.78, 5) is 24.1. The van der Waals surface area contributed by atoms with Gasteiger partial charge in [0.05, 0.1) is 7.11 Å². The van der Waals surface area contributed by atoms with Gasteiger partial charge in [0.25, 0.3) is 5.91 Å². The van der Waals surface area contributed by atoms with Gasteiger partial charge in [0.1, 0.15) is 30.4 Å². The third kappa shape index (κ3) is 6.10. The third-order valence-corrected chi connectivity index (χ3v) is 4.02. The Labute approximate surface area is 169 Å². The van der Waals surface area contributed by atoms with Crippen LogP contribution in [0.15, 0.2) is 78.9 Å². The number of esters is 1. The van der Waals surface area contributed by atoms with Crippen LogP contribution in [0, 0.1) is 0 Å². The smallest absolute Gasteiger partial charge is 0.325 e. The van der Waals surface area contributed by atoms with Crippen molar-refractivity contribution in [3.05, 3.63) is 90.0 Å². The van der Waals surface area contributed by atoms with E-state index in [0.29, 0.717) is 22.8 Å². The molecule has 0 aliphatic heterocycles. The van der Waals surface area contributed by atoms with Crippen molar-refractivity contribution >= 4 is 11.9 Å². The molecule has 0 radical (unpaired) electrons. The van der Waals surface area contributed by atoms with Gasteiger partial charge in [0.15, 0.2) is 0 Å². The Bertz CT molecular complexity index is 955. The van der Waals surface area contributed by atoms with E-state index < -0.39 is 5.97 Å². The molecule has 0 saturated carbocycles. The van der Waals surface area contributed by atoms with Crippen LogP contribution in [0.2, 0.25) is 0 Å². The zero-order valence-corrected chi connectivity index (χ0v) is 16.0. The van der Waals surface area contributed by atoms with Crippen LogP contribution in [0.25, 0.3) is 0 Å². The van der Waals surface area contributed by atoms with E-state index in [1.165, 1.54) is 0 Å². The van der Waals surface area contributed by atoms with Crippen LogP contribution in [-0.2, 0) is 16.1 Å². The van der Waals surface area contributed by atoms with Gasteiger partial charge < -0.3 is 19.5 Å². The Balaban J connectivity index is 1.45. The molecular formula is C23H21NO5. The number of carbonyl (C=O) groups is 2. The van der Waals surface area contributed by atoms with Crippen molar-refractivity contribution in [3.63, 3.8) is 0 Å². The van der Waals surface area contributed by atoms with E-state index in [1.807, 2.05) is 48.5 Å². The Morgan fingerprint density at radius 2 is 1.52 bits per heavy atom. The molecule has 29 heavy (non-hydrogen) atoms. The maximum absolute atomic E-state index is 12.2. The van der Waals surface area contributed by atoms with E-state index in [-0.39, 0.29) is 19.1 Å². The lowest BCUT2D eigenvalue weighted by Gasteiger charge is -2.09. The average Bonchev–Trinajstić information content (AvgIpc) is 2.77. The maximum atomic E-state index is 12.2. The number of benzene rings is 3. The summed E-state index contributed by atoms with van der Waals surface area (Å²) in [6, 6.07) is 23.2. The minimum atomic E-state index is -0.523. The molecule has 148 valence electrons. The Hall–Kier alpha value is -3.80. The molecule has 3 aromatic carbocycles. The summed E-state index contributed by atoms with van der Waals surface area (Å²) in [7, 11) is 1.57.